The van der Waals surface area contributed by atoms with Crippen LogP contribution in [0.15, 0.2) is 11.4 Å². The van der Waals surface area contributed by atoms with Crippen LogP contribution in [0.1, 0.15) is 43.0 Å². The van der Waals surface area contributed by atoms with Crippen molar-refractivity contribution in [1.82, 2.24) is 4.90 Å². The van der Waals surface area contributed by atoms with Crippen molar-refractivity contribution in [2.24, 2.45) is 5.92 Å². The number of aryl methyl sites for hydroxylation is 1. The fourth-order valence-electron chi connectivity index (χ4n) is 2.57. The summed E-state index contributed by atoms with van der Waals surface area (Å²) in [6, 6.07) is 2.14. The van der Waals surface area contributed by atoms with Gasteiger partial charge >= 0.3 is 5.97 Å². The highest BCUT2D eigenvalue weighted by Crippen LogP contribution is 2.51. The van der Waals surface area contributed by atoms with Gasteiger partial charge < -0.3 is 10.0 Å². The molecule has 1 N–H and O–H groups in total. The lowest BCUT2D eigenvalue weighted by Gasteiger charge is -2.26. The average Bonchev–Trinajstić information content (AvgIpc) is 3.04. The number of rotatable bonds is 6. The molecule has 0 aromatic carbocycles. The van der Waals surface area contributed by atoms with Gasteiger partial charge in [0.1, 0.15) is 0 Å². The van der Waals surface area contributed by atoms with Crippen LogP contribution in [0.25, 0.3) is 0 Å². The van der Waals surface area contributed by atoms with Gasteiger partial charge in [0.2, 0.25) is 5.91 Å². The first-order valence-electron chi connectivity index (χ1n) is 6.98. The summed E-state index contributed by atoms with van der Waals surface area (Å²) in [4.78, 5) is 26.2. The summed E-state index contributed by atoms with van der Waals surface area (Å²) in [6.45, 7) is 6.26. The van der Waals surface area contributed by atoms with Gasteiger partial charge in [-0.15, -0.1) is 11.3 Å². The summed E-state index contributed by atoms with van der Waals surface area (Å²) in [5.74, 6) is -0.360. The first kappa shape index (κ1) is 15.0. The third-order valence-electron chi connectivity index (χ3n) is 3.82. The Morgan fingerprint density at radius 1 is 1.50 bits per heavy atom. The zero-order valence-corrected chi connectivity index (χ0v) is 12.9. The molecule has 110 valence electrons. The average molecular weight is 295 g/mol. The Bertz CT molecular complexity index is 509. The molecule has 5 heteroatoms. The lowest BCUT2D eigenvalue weighted by atomic mass is 10.1. The van der Waals surface area contributed by atoms with Crippen molar-refractivity contribution < 1.29 is 14.7 Å². The Hall–Kier alpha value is -1.36. The normalized spacial score (nSPS) is 21.0. The Kier molecular flexibility index (Phi) is 4.48. The van der Waals surface area contributed by atoms with Crippen molar-refractivity contribution in [2.45, 2.75) is 45.6 Å². The number of carbonyl (C=O) groups excluding carboxylic acids is 1. The molecule has 2 rings (SSSR count). The molecule has 0 radical (unpaired) electrons. The lowest BCUT2D eigenvalue weighted by Crippen LogP contribution is -2.39. The second kappa shape index (κ2) is 5.95. The molecule has 1 aromatic rings. The SMILES string of the molecule is Cc1ccsc1[C@H]1C[C@H]1C(=O)N(CCC(=O)O)C(C)C. The van der Waals surface area contributed by atoms with Crippen LogP contribution < -0.4 is 0 Å². The Morgan fingerprint density at radius 2 is 2.20 bits per heavy atom. The van der Waals surface area contributed by atoms with Gasteiger partial charge in [-0.25, -0.2) is 0 Å². The van der Waals surface area contributed by atoms with Gasteiger partial charge in [-0.2, -0.15) is 0 Å². The van der Waals surface area contributed by atoms with Crippen LogP contribution in [0.3, 0.4) is 0 Å². The number of amides is 1. The van der Waals surface area contributed by atoms with Crippen molar-refractivity contribution >= 4 is 23.2 Å². The number of nitrogens with zero attached hydrogens (tertiary/aromatic N) is 1. The van der Waals surface area contributed by atoms with Crippen LogP contribution in [0.2, 0.25) is 0 Å². The lowest BCUT2D eigenvalue weighted by molar-refractivity contribution is -0.139. The third-order valence-corrected chi connectivity index (χ3v) is 4.97. The molecule has 1 aliphatic rings. The fraction of sp³-hybridized carbons (Fsp3) is 0.600. The van der Waals surface area contributed by atoms with Crippen molar-refractivity contribution in [2.75, 3.05) is 6.54 Å². The number of carboxylic acid groups (broad SMARTS) is 1. The topological polar surface area (TPSA) is 57.6 Å². The zero-order valence-electron chi connectivity index (χ0n) is 12.1. The van der Waals surface area contributed by atoms with Gasteiger partial charge in [0, 0.05) is 29.3 Å². The molecule has 0 saturated heterocycles. The number of carbonyl (C=O) groups is 2. The highest BCUT2D eigenvalue weighted by atomic mass is 32.1. The van der Waals surface area contributed by atoms with Gasteiger partial charge in [-0.3, -0.25) is 9.59 Å². The molecule has 1 aromatic heterocycles. The summed E-state index contributed by atoms with van der Waals surface area (Å²) in [7, 11) is 0. The number of hydrogen-bond acceptors (Lipinski definition) is 3. The van der Waals surface area contributed by atoms with E-state index in [0.29, 0.717) is 12.5 Å². The molecule has 1 saturated carbocycles. The van der Waals surface area contributed by atoms with E-state index in [-0.39, 0.29) is 24.3 Å². The van der Waals surface area contributed by atoms with Gasteiger partial charge in [0.05, 0.1) is 6.42 Å². The quantitative estimate of drug-likeness (QED) is 0.878. The van der Waals surface area contributed by atoms with E-state index in [4.69, 9.17) is 5.11 Å². The van der Waals surface area contributed by atoms with Crippen LogP contribution >= 0.6 is 11.3 Å². The van der Waals surface area contributed by atoms with E-state index < -0.39 is 5.97 Å². The van der Waals surface area contributed by atoms with E-state index in [1.54, 1.807) is 16.2 Å². The van der Waals surface area contributed by atoms with E-state index in [1.807, 2.05) is 13.8 Å². The van der Waals surface area contributed by atoms with Gasteiger partial charge in [0.25, 0.3) is 0 Å². The minimum Gasteiger partial charge on any atom is -0.481 e. The van der Waals surface area contributed by atoms with Crippen molar-refractivity contribution in [3.8, 4) is 0 Å². The molecule has 0 aliphatic heterocycles. The molecule has 0 unspecified atom stereocenters. The number of carboxylic acids is 1. The predicted octanol–water partition coefficient (Wildman–Crippen LogP) is 2.87. The zero-order chi connectivity index (χ0) is 14.9. The van der Waals surface area contributed by atoms with Crippen LogP contribution in [0, 0.1) is 12.8 Å². The molecule has 1 amide bonds. The van der Waals surface area contributed by atoms with Gasteiger partial charge in [-0.05, 0) is 44.2 Å². The second-order valence-corrected chi connectivity index (χ2v) is 6.63. The number of thiophene rings is 1. The fourth-order valence-corrected chi connectivity index (χ4v) is 3.68. The maximum Gasteiger partial charge on any atom is 0.305 e. The van der Waals surface area contributed by atoms with Crippen LogP contribution in [0.5, 0.6) is 0 Å². The van der Waals surface area contributed by atoms with Crippen LogP contribution in [-0.4, -0.2) is 34.5 Å². The van der Waals surface area contributed by atoms with Crippen molar-refractivity contribution in [1.29, 1.82) is 0 Å². The summed E-state index contributed by atoms with van der Waals surface area (Å²) < 4.78 is 0. The summed E-state index contributed by atoms with van der Waals surface area (Å²) >= 11 is 1.71. The highest BCUT2D eigenvalue weighted by molar-refractivity contribution is 7.10. The summed E-state index contributed by atoms with van der Waals surface area (Å²) in [5, 5.41) is 10.8. The van der Waals surface area contributed by atoms with E-state index in [9.17, 15) is 9.59 Å². The highest BCUT2D eigenvalue weighted by Gasteiger charge is 2.47. The molecule has 0 bridgehead atoms. The first-order valence-corrected chi connectivity index (χ1v) is 7.86. The Balaban J connectivity index is 2.00. The maximum absolute atomic E-state index is 12.5. The maximum atomic E-state index is 12.5. The predicted molar refractivity (Wildman–Crippen MR) is 79.0 cm³/mol. The minimum atomic E-state index is -0.857. The molecular formula is C15H21NO3S. The molecule has 4 nitrogen and oxygen atoms in total. The smallest absolute Gasteiger partial charge is 0.305 e. The molecular weight excluding hydrogens is 274 g/mol. The minimum absolute atomic E-state index is 0.0132. The molecule has 1 fully saturated rings. The van der Waals surface area contributed by atoms with E-state index >= 15 is 0 Å². The Labute approximate surface area is 123 Å². The second-order valence-electron chi connectivity index (χ2n) is 5.69. The first-order chi connectivity index (χ1) is 9.41. The van der Waals surface area contributed by atoms with Gasteiger partial charge in [0.15, 0.2) is 0 Å². The monoisotopic (exact) mass is 295 g/mol. The number of hydrogen-bond donors (Lipinski definition) is 1. The van der Waals surface area contributed by atoms with Gasteiger partial charge in [-0.1, -0.05) is 0 Å². The molecule has 0 spiro atoms. The standard InChI is InChI=1S/C15H21NO3S/c1-9(2)16(6-4-13(17)18)15(19)12-8-11(12)14-10(3)5-7-20-14/h5,7,9,11-12H,4,6,8H2,1-3H3,(H,17,18)/t11-,12+/m0/s1. The van der Waals surface area contributed by atoms with Crippen LogP contribution in [-0.2, 0) is 9.59 Å². The van der Waals surface area contributed by atoms with E-state index in [0.717, 1.165) is 6.42 Å². The third kappa shape index (κ3) is 3.20. The largest absolute Gasteiger partial charge is 0.481 e. The summed E-state index contributed by atoms with van der Waals surface area (Å²) in [6.07, 6.45) is 0.913. The Morgan fingerprint density at radius 3 is 2.70 bits per heavy atom. The summed E-state index contributed by atoms with van der Waals surface area (Å²) in [5.41, 5.74) is 1.26. The molecule has 2 atom stereocenters. The van der Waals surface area contributed by atoms with Crippen LogP contribution in [0.4, 0.5) is 0 Å². The van der Waals surface area contributed by atoms with E-state index in [2.05, 4.69) is 18.4 Å². The van der Waals surface area contributed by atoms with Crippen molar-refractivity contribution in [3.63, 3.8) is 0 Å². The molecule has 20 heavy (non-hydrogen) atoms. The van der Waals surface area contributed by atoms with E-state index in [1.165, 1.54) is 10.4 Å². The number of aliphatic carboxylic acids is 1. The molecule has 1 heterocycles. The van der Waals surface area contributed by atoms with Crippen molar-refractivity contribution in [3.05, 3.63) is 21.9 Å². The molecule has 1 aliphatic carbocycles.